The Morgan fingerprint density at radius 3 is 1.18 bits per heavy atom. The standard InChI is InChI=1S/2C17H21NO2/c2*1-18-12-11-17(15-5-3-2-4-6-15)20-16-9-7-14(13-19)8-10-16/h2*2-10,17-19H,11-13H2,1H3. The Labute approximate surface area is 238 Å². The Balaban J connectivity index is 0.000000220. The molecule has 40 heavy (non-hydrogen) atoms. The predicted molar refractivity (Wildman–Crippen MR) is 161 cm³/mol. The zero-order valence-electron chi connectivity index (χ0n) is 23.5. The zero-order chi connectivity index (χ0) is 28.4. The highest BCUT2D eigenvalue weighted by Crippen LogP contribution is 2.26. The molecule has 0 aliphatic rings. The monoisotopic (exact) mass is 542 g/mol. The quantitative estimate of drug-likeness (QED) is 0.161. The smallest absolute Gasteiger partial charge is 0.125 e. The van der Waals surface area contributed by atoms with E-state index in [1.54, 1.807) is 0 Å². The fourth-order valence-electron chi connectivity index (χ4n) is 4.15. The molecule has 4 aromatic rings. The lowest BCUT2D eigenvalue weighted by Crippen LogP contribution is -2.16. The lowest BCUT2D eigenvalue weighted by atomic mass is 10.1. The van der Waals surface area contributed by atoms with Crippen LogP contribution in [0, 0.1) is 0 Å². The van der Waals surface area contributed by atoms with E-state index in [-0.39, 0.29) is 25.4 Å². The summed E-state index contributed by atoms with van der Waals surface area (Å²) in [5, 5.41) is 24.4. The fraction of sp³-hybridized carbons (Fsp3) is 0.294. The van der Waals surface area contributed by atoms with Gasteiger partial charge in [-0.25, -0.2) is 0 Å². The molecule has 0 amide bonds. The van der Waals surface area contributed by atoms with Gasteiger partial charge in [-0.3, -0.25) is 0 Å². The summed E-state index contributed by atoms with van der Waals surface area (Å²) in [5.74, 6) is 1.65. The molecule has 2 atom stereocenters. The predicted octanol–water partition coefficient (Wildman–Crippen LogP) is 5.82. The number of hydrogen-bond donors (Lipinski definition) is 4. The van der Waals surface area contributed by atoms with E-state index < -0.39 is 0 Å². The van der Waals surface area contributed by atoms with E-state index in [0.29, 0.717) is 0 Å². The van der Waals surface area contributed by atoms with Gasteiger partial charge in [-0.15, -0.1) is 0 Å². The first-order valence-corrected chi connectivity index (χ1v) is 13.8. The molecule has 0 radical (unpaired) electrons. The van der Waals surface area contributed by atoms with Gasteiger partial charge in [0.2, 0.25) is 0 Å². The van der Waals surface area contributed by atoms with Gasteiger partial charge in [0.05, 0.1) is 13.2 Å². The molecule has 6 nitrogen and oxygen atoms in total. The van der Waals surface area contributed by atoms with Gasteiger partial charge < -0.3 is 30.3 Å². The number of benzene rings is 4. The molecule has 4 aromatic carbocycles. The van der Waals surface area contributed by atoms with E-state index in [4.69, 9.17) is 19.7 Å². The van der Waals surface area contributed by atoms with E-state index in [1.165, 1.54) is 11.1 Å². The van der Waals surface area contributed by atoms with Crippen LogP contribution in [0.4, 0.5) is 0 Å². The average Bonchev–Trinajstić information content (AvgIpc) is 3.03. The first-order valence-electron chi connectivity index (χ1n) is 13.8. The lowest BCUT2D eigenvalue weighted by Gasteiger charge is -2.19. The summed E-state index contributed by atoms with van der Waals surface area (Å²) in [7, 11) is 3.89. The third-order valence-corrected chi connectivity index (χ3v) is 6.42. The number of nitrogens with one attached hydrogen (secondary N) is 2. The fourth-order valence-corrected chi connectivity index (χ4v) is 4.15. The molecule has 4 N–H and O–H groups in total. The summed E-state index contributed by atoms with van der Waals surface area (Å²) < 4.78 is 12.2. The Bertz CT molecular complexity index is 1090. The van der Waals surface area contributed by atoms with Crippen molar-refractivity contribution >= 4 is 0 Å². The van der Waals surface area contributed by atoms with E-state index >= 15 is 0 Å². The van der Waals surface area contributed by atoms with Crippen LogP contribution in [0.2, 0.25) is 0 Å². The summed E-state index contributed by atoms with van der Waals surface area (Å²) >= 11 is 0. The molecule has 212 valence electrons. The molecule has 0 aromatic heterocycles. The van der Waals surface area contributed by atoms with Gasteiger partial charge in [0.1, 0.15) is 23.7 Å². The minimum absolute atomic E-state index is 0.0311. The van der Waals surface area contributed by atoms with Gasteiger partial charge in [-0.2, -0.15) is 0 Å². The molecule has 0 bridgehead atoms. The van der Waals surface area contributed by atoms with Crippen molar-refractivity contribution in [3.05, 3.63) is 131 Å². The normalized spacial score (nSPS) is 12.1. The number of hydrogen-bond acceptors (Lipinski definition) is 6. The molecule has 0 spiro atoms. The number of rotatable bonds is 14. The molecule has 0 heterocycles. The molecular formula is C34H42N2O4. The highest BCUT2D eigenvalue weighted by Gasteiger charge is 2.13. The minimum Gasteiger partial charge on any atom is -0.486 e. The second-order valence-electron chi connectivity index (χ2n) is 9.42. The molecule has 0 fully saturated rings. The molecule has 0 aliphatic heterocycles. The van der Waals surface area contributed by atoms with Crippen LogP contribution in [0.1, 0.15) is 47.3 Å². The van der Waals surface area contributed by atoms with Gasteiger partial charge in [-0.05, 0) is 73.7 Å². The minimum atomic E-state index is 0.0311. The first-order chi connectivity index (χ1) is 19.7. The van der Waals surface area contributed by atoms with Crippen molar-refractivity contribution in [2.24, 2.45) is 0 Å². The molecule has 6 heteroatoms. The largest absolute Gasteiger partial charge is 0.486 e. The molecular weight excluding hydrogens is 500 g/mol. The zero-order valence-corrected chi connectivity index (χ0v) is 23.5. The molecule has 2 unspecified atom stereocenters. The highest BCUT2D eigenvalue weighted by atomic mass is 16.5. The third kappa shape index (κ3) is 10.5. The topological polar surface area (TPSA) is 83.0 Å². The van der Waals surface area contributed by atoms with Crippen LogP contribution in [-0.4, -0.2) is 37.4 Å². The van der Waals surface area contributed by atoms with E-state index in [0.717, 1.165) is 48.6 Å². The Morgan fingerprint density at radius 1 is 0.525 bits per heavy atom. The van der Waals surface area contributed by atoms with Gasteiger partial charge in [0.25, 0.3) is 0 Å². The SMILES string of the molecule is CNCCC(Oc1ccc(CO)cc1)c1ccccc1.CNCCC(Oc1ccc(CO)cc1)c1ccccc1. The lowest BCUT2D eigenvalue weighted by molar-refractivity contribution is 0.194. The summed E-state index contributed by atoms with van der Waals surface area (Å²) in [5.41, 5.74) is 4.13. The Morgan fingerprint density at radius 2 is 0.875 bits per heavy atom. The van der Waals surface area contributed by atoms with Gasteiger partial charge >= 0.3 is 0 Å². The number of aliphatic hydroxyl groups excluding tert-OH is 2. The maximum atomic E-state index is 9.06. The van der Waals surface area contributed by atoms with Crippen LogP contribution in [0.25, 0.3) is 0 Å². The van der Waals surface area contributed by atoms with Crippen molar-refractivity contribution in [1.82, 2.24) is 10.6 Å². The second-order valence-corrected chi connectivity index (χ2v) is 9.42. The van der Waals surface area contributed by atoms with Crippen molar-refractivity contribution in [1.29, 1.82) is 0 Å². The van der Waals surface area contributed by atoms with Crippen LogP contribution in [-0.2, 0) is 13.2 Å². The molecule has 0 saturated heterocycles. The summed E-state index contributed by atoms with van der Waals surface area (Å²) in [6.07, 6.45) is 1.87. The Kier molecular flexibility index (Phi) is 13.7. The van der Waals surface area contributed by atoms with Crippen molar-refractivity contribution in [3.8, 4) is 11.5 Å². The summed E-state index contributed by atoms with van der Waals surface area (Å²) in [6, 6.07) is 35.6. The maximum Gasteiger partial charge on any atom is 0.125 e. The highest BCUT2D eigenvalue weighted by molar-refractivity contribution is 5.29. The molecule has 4 rings (SSSR count). The third-order valence-electron chi connectivity index (χ3n) is 6.42. The maximum absolute atomic E-state index is 9.06. The first kappa shape index (κ1) is 30.9. The van der Waals surface area contributed by atoms with Crippen LogP contribution in [0.15, 0.2) is 109 Å². The summed E-state index contributed by atoms with van der Waals surface area (Å²) in [4.78, 5) is 0. The van der Waals surface area contributed by atoms with Gasteiger partial charge in [0.15, 0.2) is 0 Å². The number of aliphatic hydroxyl groups is 2. The van der Waals surface area contributed by atoms with Gasteiger partial charge in [0, 0.05) is 12.8 Å². The summed E-state index contributed by atoms with van der Waals surface area (Å²) in [6.45, 7) is 1.91. The van der Waals surface area contributed by atoms with Crippen molar-refractivity contribution in [3.63, 3.8) is 0 Å². The van der Waals surface area contributed by atoms with Crippen LogP contribution in [0.5, 0.6) is 11.5 Å². The average molecular weight is 543 g/mol. The van der Waals surface area contributed by atoms with Crippen molar-refractivity contribution in [2.45, 2.75) is 38.3 Å². The Hall–Kier alpha value is -3.68. The van der Waals surface area contributed by atoms with Crippen molar-refractivity contribution < 1.29 is 19.7 Å². The van der Waals surface area contributed by atoms with Crippen LogP contribution >= 0.6 is 0 Å². The van der Waals surface area contributed by atoms with E-state index in [2.05, 4.69) is 34.9 Å². The van der Waals surface area contributed by atoms with Gasteiger partial charge in [-0.1, -0.05) is 84.9 Å². The van der Waals surface area contributed by atoms with E-state index in [1.807, 2.05) is 99.0 Å². The van der Waals surface area contributed by atoms with E-state index in [9.17, 15) is 0 Å². The molecule has 0 saturated carbocycles. The van der Waals surface area contributed by atoms with Crippen LogP contribution in [0.3, 0.4) is 0 Å². The second kappa shape index (κ2) is 17.8. The van der Waals surface area contributed by atoms with Crippen molar-refractivity contribution in [2.75, 3.05) is 27.2 Å². The number of ether oxygens (including phenoxy) is 2. The molecule has 0 aliphatic carbocycles. The van der Waals surface area contributed by atoms with Crippen LogP contribution < -0.4 is 20.1 Å².